The summed E-state index contributed by atoms with van der Waals surface area (Å²) in [4.78, 5) is 0. The minimum atomic E-state index is 0.329. The monoisotopic (exact) mass is 216 g/mol. The van der Waals surface area contributed by atoms with Crippen LogP contribution in [0.25, 0.3) is 0 Å². The Labute approximate surface area is 95.0 Å². The van der Waals surface area contributed by atoms with Gasteiger partial charge in [0.1, 0.15) is 0 Å². The van der Waals surface area contributed by atoms with Gasteiger partial charge in [0, 0.05) is 20.3 Å². The van der Waals surface area contributed by atoms with Gasteiger partial charge >= 0.3 is 0 Å². The first-order chi connectivity index (χ1) is 7.02. The van der Waals surface area contributed by atoms with E-state index in [1.807, 2.05) is 7.05 Å². The van der Waals surface area contributed by atoms with E-state index in [-0.39, 0.29) is 0 Å². The number of ether oxygens (including phenoxy) is 1. The Bertz CT molecular complexity index is 149. The van der Waals surface area contributed by atoms with E-state index in [4.69, 9.17) is 4.74 Å². The van der Waals surface area contributed by atoms with Crippen LogP contribution in [0.15, 0.2) is 0 Å². The van der Waals surface area contributed by atoms with E-state index in [1.165, 1.54) is 0 Å². The molecule has 0 aromatic carbocycles. The zero-order valence-electron chi connectivity index (χ0n) is 11.0. The van der Waals surface area contributed by atoms with Crippen molar-refractivity contribution in [1.29, 1.82) is 0 Å². The smallest absolute Gasteiger partial charge is 0.0467 e. The van der Waals surface area contributed by atoms with Crippen molar-refractivity contribution < 1.29 is 4.74 Å². The van der Waals surface area contributed by atoms with E-state index in [1.54, 1.807) is 7.11 Å². The van der Waals surface area contributed by atoms with Gasteiger partial charge in [-0.2, -0.15) is 0 Å². The highest BCUT2D eigenvalue weighted by atomic mass is 16.5. The van der Waals surface area contributed by atoms with Crippen molar-refractivity contribution in [2.45, 2.75) is 27.2 Å². The number of hydrogen-bond donors (Lipinski definition) is 2. The van der Waals surface area contributed by atoms with Crippen molar-refractivity contribution in [3.8, 4) is 0 Å². The van der Waals surface area contributed by atoms with Gasteiger partial charge in [0.05, 0.1) is 0 Å². The van der Waals surface area contributed by atoms with Crippen LogP contribution in [-0.4, -0.2) is 40.4 Å². The van der Waals surface area contributed by atoms with E-state index in [0.717, 1.165) is 32.7 Å². The van der Waals surface area contributed by atoms with Crippen molar-refractivity contribution in [3.63, 3.8) is 0 Å². The molecule has 92 valence electrons. The molecule has 0 saturated carbocycles. The quantitative estimate of drug-likeness (QED) is 0.613. The summed E-state index contributed by atoms with van der Waals surface area (Å²) in [5.41, 5.74) is 0.329. The fourth-order valence-electron chi connectivity index (χ4n) is 1.54. The van der Waals surface area contributed by atoms with Crippen LogP contribution < -0.4 is 10.6 Å². The highest BCUT2D eigenvalue weighted by Crippen LogP contribution is 2.18. The molecule has 0 aliphatic heterocycles. The lowest BCUT2D eigenvalue weighted by molar-refractivity contribution is 0.150. The topological polar surface area (TPSA) is 33.3 Å². The first-order valence-electron chi connectivity index (χ1n) is 5.86. The van der Waals surface area contributed by atoms with Crippen LogP contribution >= 0.6 is 0 Å². The zero-order valence-corrected chi connectivity index (χ0v) is 11.0. The van der Waals surface area contributed by atoms with Gasteiger partial charge in [-0.3, -0.25) is 0 Å². The molecule has 2 N–H and O–H groups in total. The molecule has 15 heavy (non-hydrogen) atoms. The van der Waals surface area contributed by atoms with Crippen LogP contribution in [-0.2, 0) is 4.74 Å². The average molecular weight is 216 g/mol. The fourth-order valence-corrected chi connectivity index (χ4v) is 1.54. The van der Waals surface area contributed by atoms with Crippen molar-refractivity contribution in [1.82, 2.24) is 10.6 Å². The average Bonchev–Trinajstić information content (AvgIpc) is 2.15. The SMILES string of the molecule is CNCC(C)CNCC(C)(C)CCOC. The summed E-state index contributed by atoms with van der Waals surface area (Å²) in [6, 6.07) is 0. The summed E-state index contributed by atoms with van der Waals surface area (Å²) in [5.74, 6) is 0.688. The summed E-state index contributed by atoms with van der Waals surface area (Å²) < 4.78 is 5.11. The molecule has 0 radical (unpaired) electrons. The van der Waals surface area contributed by atoms with Crippen LogP contribution in [0.3, 0.4) is 0 Å². The second kappa shape index (κ2) is 8.08. The molecule has 1 atom stereocenters. The predicted molar refractivity (Wildman–Crippen MR) is 66.2 cm³/mol. The lowest BCUT2D eigenvalue weighted by atomic mass is 9.89. The predicted octanol–water partition coefficient (Wildman–Crippen LogP) is 1.49. The van der Waals surface area contributed by atoms with E-state index < -0.39 is 0 Å². The molecule has 3 heteroatoms. The Kier molecular flexibility index (Phi) is 8.02. The summed E-state index contributed by atoms with van der Waals surface area (Å²) in [6.45, 7) is 10.9. The lowest BCUT2D eigenvalue weighted by Crippen LogP contribution is -2.35. The van der Waals surface area contributed by atoms with Gasteiger partial charge in [0.2, 0.25) is 0 Å². The first-order valence-corrected chi connectivity index (χ1v) is 5.86. The van der Waals surface area contributed by atoms with E-state index in [2.05, 4.69) is 31.4 Å². The molecule has 0 rings (SSSR count). The number of nitrogens with one attached hydrogen (secondary N) is 2. The van der Waals surface area contributed by atoms with Gasteiger partial charge in [-0.25, -0.2) is 0 Å². The Hall–Kier alpha value is -0.120. The van der Waals surface area contributed by atoms with Gasteiger partial charge in [-0.15, -0.1) is 0 Å². The molecule has 0 saturated heterocycles. The third kappa shape index (κ3) is 8.85. The lowest BCUT2D eigenvalue weighted by Gasteiger charge is -2.25. The third-order valence-electron chi connectivity index (χ3n) is 2.63. The Balaban J connectivity index is 3.55. The van der Waals surface area contributed by atoms with E-state index in [9.17, 15) is 0 Å². The second-order valence-electron chi connectivity index (χ2n) is 5.20. The van der Waals surface area contributed by atoms with Gasteiger partial charge < -0.3 is 15.4 Å². The molecule has 0 heterocycles. The summed E-state index contributed by atoms with van der Waals surface area (Å²) in [7, 11) is 3.76. The molecular weight excluding hydrogens is 188 g/mol. The molecule has 3 nitrogen and oxygen atoms in total. The Morgan fingerprint density at radius 1 is 1.27 bits per heavy atom. The normalized spacial score (nSPS) is 14.2. The maximum atomic E-state index is 5.11. The Morgan fingerprint density at radius 2 is 1.93 bits per heavy atom. The number of rotatable bonds is 9. The summed E-state index contributed by atoms with van der Waals surface area (Å²) in [5, 5.41) is 6.71. The fraction of sp³-hybridized carbons (Fsp3) is 1.00. The van der Waals surface area contributed by atoms with Crippen LogP contribution in [0.4, 0.5) is 0 Å². The minimum absolute atomic E-state index is 0.329. The van der Waals surface area contributed by atoms with Gasteiger partial charge in [0.15, 0.2) is 0 Å². The molecule has 0 aromatic heterocycles. The molecule has 0 fully saturated rings. The molecule has 0 amide bonds. The zero-order chi connectivity index (χ0) is 11.7. The molecule has 1 unspecified atom stereocenters. The highest BCUT2D eigenvalue weighted by Gasteiger charge is 2.16. The number of hydrogen-bond acceptors (Lipinski definition) is 3. The molecule has 0 aliphatic carbocycles. The summed E-state index contributed by atoms with van der Waals surface area (Å²) >= 11 is 0. The van der Waals surface area contributed by atoms with Crippen LogP contribution in [0.1, 0.15) is 27.2 Å². The third-order valence-corrected chi connectivity index (χ3v) is 2.63. The largest absolute Gasteiger partial charge is 0.385 e. The Morgan fingerprint density at radius 3 is 2.47 bits per heavy atom. The van der Waals surface area contributed by atoms with Crippen LogP contribution in [0.5, 0.6) is 0 Å². The molecule has 0 bridgehead atoms. The molecule has 0 aromatic rings. The van der Waals surface area contributed by atoms with Crippen molar-refractivity contribution in [2.24, 2.45) is 11.3 Å². The number of methoxy groups -OCH3 is 1. The van der Waals surface area contributed by atoms with Gasteiger partial charge in [-0.05, 0) is 37.9 Å². The van der Waals surface area contributed by atoms with Crippen molar-refractivity contribution in [3.05, 3.63) is 0 Å². The molecule has 0 aliphatic rings. The van der Waals surface area contributed by atoms with Gasteiger partial charge in [-0.1, -0.05) is 20.8 Å². The molecule has 0 spiro atoms. The van der Waals surface area contributed by atoms with Crippen molar-refractivity contribution >= 4 is 0 Å². The molecular formula is C12H28N2O. The maximum Gasteiger partial charge on any atom is 0.0467 e. The van der Waals surface area contributed by atoms with Gasteiger partial charge in [0.25, 0.3) is 0 Å². The maximum absolute atomic E-state index is 5.11. The summed E-state index contributed by atoms with van der Waals surface area (Å²) in [6.07, 6.45) is 1.11. The minimum Gasteiger partial charge on any atom is -0.385 e. The van der Waals surface area contributed by atoms with Crippen LogP contribution in [0.2, 0.25) is 0 Å². The van der Waals surface area contributed by atoms with E-state index in [0.29, 0.717) is 11.3 Å². The standard InChI is InChI=1S/C12H28N2O/c1-11(8-13-4)9-14-10-12(2,3)6-7-15-5/h11,13-14H,6-10H2,1-5H3. The highest BCUT2D eigenvalue weighted by molar-refractivity contribution is 4.72. The van der Waals surface area contributed by atoms with E-state index >= 15 is 0 Å². The van der Waals surface area contributed by atoms with Crippen LogP contribution in [0, 0.1) is 11.3 Å². The second-order valence-corrected chi connectivity index (χ2v) is 5.20. The van der Waals surface area contributed by atoms with Crippen molar-refractivity contribution in [2.75, 3.05) is 40.4 Å². The first kappa shape index (κ1) is 14.9.